The molecule has 4 atom stereocenters. The number of benzene rings is 1. The van der Waals surface area contributed by atoms with Gasteiger partial charge in [0, 0.05) is 12.1 Å². The van der Waals surface area contributed by atoms with Crippen LogP contribution in [0.1, 0.15) is 50.1 Å². The average molecular weight is 288 g/mol. The highest BCUT2D eigenvalue weighted by atomic mass is 16.3. The summed E-state index contributed by atoms with van der Waals surface area (Å²) in [5, 5.41) is 17.2. The van der Waals surface area contributed by atoms with Crippen molar-refractivity contribution < 1.29 is 5.11 Å². The molecule has 0 aromatic heterocycles. The van der Waals surface area contributed by atoms with Crippen LogP contribution in [-0.4, -0.2) is 30.3 Å². The first-order valence-corrected chi connectivity index (χ1v) is 8.53. The quantitative estimate of drug-likeness (QED) is 0.780. The summed E-state index contributed by atoms with van der Waals surface area (Å²) >= 11 is 0. The first kappa shape index (κ1) is 15.0. The minimum absolute atomic E-state index is 0.0678. The molecule has 0 radical (unpaired) electrons. The van der Waals surface area contributed by atoms with E-state index in [1.807, 2.05) is 6.07 Å². The molecule has 116 valence electrons. The lowest BCUT2D eigenvalue weighted by molar-refractivity contribution is 0.169. The van der Waals surface area contributed by atoms with Crippen LogP contribution in [0.3, 0.4) is 0 Å². The van der Waals surface area contributed by atoms with E-state index < -0.39 is 0 Å². The Labute approximate surface area is 128 Å². The Bertz CT molecular complexity index is 416. The monoisotopic (exact) mass is 288 g/mol. The van der Waals surface area contributed by atoms with Crippen LogP contribution in [0.2, 0.25) is 0 Å². The van der Waals surface area contributed by atoms with E-state index in [-0.39, 0.29) is 12.6 Å². The van der Waals surface area contributed by atoms with Gasteiger partial charge in [0.2, 0.25) is 0 Å². The molecule has 3 unspecified atom stereocenters. The Kier molecular flexibility index (Phi) is 5.28. The Hall–Kier alpha value is -0.900. The fraction of sp³-hybridized carbons (Fsp3) is 0.667. The molecule has 1 saturated carbocycles. The third-order valence-corrected chi connectivity index (χ3v) is 5.23. The minimum atomic E-state index is 0.0678. The van der Waals surface area contributed by atoms with Crippen LogP contribution in [0, 0.1) is 5.92 Å². The van der Waals surface area contributed by atoms with Gasteiger partial charge in [-0.05, 0) is 43.7 Å². The lowest BCUT2D eigenvalue weighted by Gasteiger charge is -2.38. The van der Waals surface area contributed by atoms with Gasteiger partial charge in [0.1, 0.15) is 0 Å². The molecule has 1 aromatic rings. The molecular weight excluding hydrogens is 260 g/mol. The van der Waals surface area contributed by atoms with E-state index in [1.165, 1.54) is 50.6 Å². The lowest BCUT2D eigenvalue weighted by atomic mass is 9.78. The molecule has 1 heterocycles. The second kappa shape index (κ2) is 7.39. The van der Waals surface area contributed by atoms with Crippen LogP contribution in [0.25, 0.3) is 0 Å². The lowest BCUT2D eigenvalue weighted by Crippen LogP contribution is -2.48. The van der Waals surface area contributed by atoms with E-state index >= 15 is 0 Å². The standard InChI is InChI=1S/C18H28N2O/c21-13-18(14-7-2-1-3-8-14)20-17-10-5-4-9-15(17)16-11-6-12-19-16/h1-3,7-8,15-21H,4-6,9-13H2/t15?,16?,17?,18-/m0/s1. The van der Waals surface area contributed by atoms with Gasteiger partial charge in [-0.25, -0.2) is 0 Å². The number of hydrogen-bond acceptors (Lipinski definition) is 3. The Morgan fingerprint density at radius 3 is 2.62 bits per heavy atom. The SMILES string of the molecule is OC[C@H](NC1CCCCC1C1CCCN1)c1ccccc1. The summed E-state index contributed by atoms with van der Waals surface area (Å²) < 4.78 is 0. The van der Waals surface area contributed by atoms with Gasteiger partial charge in [-0.15, -0.1) is 0 Å². The molecule has 3 rings (SSSR count). The molecule has 1 aliphatic heterocycles. The molecule has 2 aliphatic rings. The third-order valence-electron chi connectivity index (χ3n) is 5.23. The summed E-state index contributed by atoms with van der Waals surface area (Å²) in [5.41, 5.74) is 1.20. The zero-order chi connectivity index (χ0) is 14.5. The summed E-state index contributed by atoms with van der Waals surface area (Å²) in [6, 6.07) is 11.6. The Morgan fingerprint density at radius 2 is 1.90 bits per heavy atom. The topological polar surface area (TPSA) is 44.3 Å². The Balaban J connectivity index is 1.68. The normalized spacial score (nSPS) is 31.2. The molecule has 1 saturated heterocycles. The maximum atomic E-state index is 9.78. The second-order valence-electron chi connectivity index (χ2n) is 6.57. The predicted octanol–water partition coefficient (Wildman–Crippen LogP) is 2.62. The number of aliphatic hydroxyl groups excluding tert-OH is 1. The van der Waals surface area contributed by atoms with Crippen LogP contribution in [-0.2, 0) is 0 Å². The molecule has 0 spiro atoms. The van der Waals surface area contributed by atoms with Crippen molar-refractivity contribution in [2.75, 3.05) is 13.2 Å². The number of nitrogens with one attached hydrogen (secondary N) is 2. The number of aliphatic hydroxyl groups is 1. The van der Waals surface area contributed by atoms with Gasteiger partial charge in [0.05, 0.1) is 12.6 Å². The summed E-state index contributed by atoms with van der Waals surface area (Å²) in [4.78, 5) is 0. The van der Waals surface area contributed by atoms with Gasteiger partial charge in [0.25, 0.3) is 0 Å². The van der Waals surface area contributed by atoms with Crippen molar-refractivity contribution in [2.45, 2.75) is 56.7 Å². The van der Waals surface area contributed by atoms with Crippen molar-refractivity contribution in [3.63, 3.8) is 0 Å². The van der Waals surface area contributed by atoms with E-state index in [9.17, 15) is 5.11 Å². The van der Waals surface area contributed by atoms with Gasteiger partial charge in [-0.3, -0.25) is 0 Å². The summed E-state index contributed by atoms with van der Waals surface area (Å²) in [7, 11) is 0. The van der Waals surface area contributed by atoms with Crippen molar-refractivity contribution in [1.82, 2.24) is 10.6 Å². The third kappa shape index (κ3) is 3.65. The molecule has 3 heteroatoms. The highest BCUT2D eigenvalue weighted by molar-refractivity contribution is 5.19. The van der Waals surface area contributed by atoms with Crippen molar-refractivity contribution in [3.8, 4) is 0 Å². The molecule has 0 bridgehead atoms. The van der Waals surface area contributed by atoms with Gasteiger partial charge in [-0.1, -0.05) is 43.2 Å². The van der Waals surface area contributed by atoms with Gasteiger partial charge >= 0.3 is 0 Å². The first-order chi connectivity index (χ1) is 10.4. The highest BCUT2D eigenvalue weighted by Gasteiger charge is 2.34. The number of hydrogen-bond donors (Lipinski definition) is 3. The molecule has 0 amide bonds. The van der Waals surface area contributed by atoms with Gasteiger partial charge in [-0.2, -0.15) is 0 Å². The Morgan fingerprint density at radius 1 is 1.10 bits per heavy atom. The molecule has 1 aliphatic carbocycles. The van der Waals surface area contributed by atoms with Crippen LogP contribution < -0.4 is 10.6 Å². The average Bonchev–Trinajstić information content (AvgIpc) is 3.08. The maximum absolute atomic E-state index is 9.78. The van der Waals surface area contributed by atoms with Crippen molar-refractivity contribution in [2.24, 2.45) is 5.92 Å². The molecule has 21 heavy (non-hydrogen) atoms. The van der Waals surface area contributed by atoms with Crippen LogP contribution in [0.5, 0.6) is 0 Å². The van der Waals surface area contributed by atoms with Crippen molar-refractivity contribution >= 4 is 0 Å². The van der Waals surface area contributed by atoms with E-state index in [1.54, 1.807) is 0 Å². The number of rotatable bonds is 5. The molecular formula is C18H28N2O. The second-order valence-corrected chi connectivity index (χ2v) is 6.57. The fourth-order valence-electron chi connectivity index (χ4n) is 4.12. The molecule has 3 nitrogen and oxygen atoms in total. The molecule has 2 fully saturated rings. The first-order valence-electron chi connectivity index (χ1n) is 8.53. The van der Waals surface area contributed by atoms with E-state index in [0.717, 1.165) is 5.92 Å². The zero-order valence-electron chi connectivity index (χ0n) is 12.8. The van der Waals surface area contributed by atoms with Gasteiger partial charge in [0.15, 0.2) is 0 Å². The highest BCUT2D eigenvalue weighted by Crippen LogP contribution is 2.32. The van der Waals surface area contributed by atoms with Crippen molar-refractivity contribution in [3.05, 3.63) is 35.9 Å². The van der Waals surface area contributed by atoms with E-state index in [0.29, 0.717) is 12.1 Å². The minimum Gasteiger partial charge on any atom is -0.394 e. The van der Waals surface area contributed by atoms with E-state index in [4.69, 9.17) is 0 Å². The maximum Gasteiger partial charge on any atom is 0.0626 e. The van der Waals surface area contributed by atoms with Crippen LogP contribution >= 0.6 is 0 Å². The van der Waals surface area contributed by atoms with Crippen LogP contribution in [0.4, 0.5) is 0 Å². The summed E-state index contributed by atoms with van der Waals surface area (Å²) in [6.07, 6.45) is 7.87. The summed E-state index contributed by atoms with van der Waals surface area (Å²) in [6.45, 7) is 1.35. The van der Waals surface area contributed by atoms with Crippen molar-refractivity contribution in [1.29, 1.82) is 0 Å². The smallest absolute Gasteiger partial charge is 0.0626 e. The molecule has 1 aromatic carbocycles. The largest absolute Gasteiger partial charge is 0.394 e. The molecule has 3 N–H and O–H groups in total. The fourth-order valence-corrected chi connectivity index (χ4v) is 4.12. The van der Waals surface area contributed by atoms with Crippen LogP contribution in [0.15, 0.2) is 30.3 Å². The van der Waals surface area contributed by atoms with Gasteiger partial charge < -0.3 is 15.7 Å². The summed E-state index contributed by atoms with van der Waals surface area (Å²) in [5.74, 6) is 0.721. The predicted molar refractivity (Wildman–Crippen MR) is 86.2 cm³/mol. The zero-order valence-corrected chi connectivity index (χ0v) is 12.8. The van der Waals surface area contributed by atoms with E-state index in [2.05, 4.69) is 34.9 Å².